The molecule has 1 amide bonds. The van der Waals surface area contributed by atoms with Gasteiger partial charge >= 0.3 is 0 Å². The predicted molar refractivity (Wildman–Crippen MR) is 85.5 cm³/mol. The average molecular weight is 357 g/mol. The van der Waals surface area contributed by atoms with Gasteiger partial charge in [0, 0.05) is 19.1 Å². The molecule has 2 rings (SSSR count). The maximum Gasteiger partial charge on any atom is 0.239 e. The number of halogens is 2. The molecule has 1 N–H and O–H groups in total. The Morgan fingerprint density at radius 2 is 1.95 bits per heavy atom. The molecule has 1 aromatic carbocycles. The standard InChI is InChI=1S/C16H22BrFN2O/c1-11(13-6-7-15(18)14(17)10-13)19-12(2)16(21)20-8-4-3-5-9-20/h6-7,10-12,19H,3-5,8-9H2,1-2H3. The second-order valence-corrected chi connectivity index (χ2v) is 6.52. The van der Waals surface area contributed by atoms with E-state index in [1.807, 2.05) is 18.7 Å². The number of hydrogen-bond donors (Lipinski definition) is 1. The van der Waals surface area contributed by atoms with Crippen LogP contribution in [0.5, 0.6) is 0 Å². The first-order valence-electron chi connectivity index (χ1n) is 7.49. The Balaban J connectivity index is 1.95. The van der Waals surface area contributed by atoms with E-state index >= 15 is 0 Å². The number of nitrogens with zero attached hydrogens (tertiary/aromatic N) is 1. The lowest BCUT2D eigenvalue weighted by molar-refractivity contribution is -0.134. The SMILES string of the molecule is CC(NC(C)c1ccc(F)c(Br)c1)C(=O)N1CCCCC1. The van der Waals surface area contributed by atoms with E-state index in [0.717, 1.165) is 31.5 Å². The van der Waals surface area contributed by atoms with Crippen LogP contribution in [0.2, 0.25) is 0 Å². The van der Waals surface area contributed by atoms with E-state index in [2.05, 4.69) is 21.2 Å². The highest BCUT2D eigenvalue weighted by atomic mass is 79.9. The number of amides is 1. The molecule has 5 heteroatoms. The van der Waals surface area contributed by atoms with E-state index in [0.29, 0.717) is 4.47 Å². The van der Waals surface area contributed by atoms with E-state index in [-0.39, 0.29) is 23.8 Å². The Kier molecular flexibility index (Phi) is 5.76. The van der Waals surface area contributed by atoms with Crippen molar-refractivity contribution in [2.75, 3.05) is 13.1 Å². The van der Waals surface area contributed by atoms with Crippen LogP contribution in [-0.2, 0) is 4.79 Å². The van der Waals surface area contributed by atoms with Gasteiger partial charge in [-0.1, -0.05) is 6.07 Å². The lowest BCUT2D eigenvalue weighted by Gasteiger charge is -2.30. The molecule has 0 saturated carbocycles. The minimum absolute atomic E-state index is 0.00867. The van der Waals surface area contributed by atoms with Gasteiger partial charge in [-0.25, -0.2) is 4.39 Å². The molecule has 1 fully saturated rings. The van der Waals surface area contributed by atoms with Gasteiger partial charge in [-0.05, 0) is 66.7 Å². The van der Waals surface area contributed by atoms with Crippen molar-refractivity contribution in [3.8, 4) is 0 Å². The molecule has 1 aliphatic heterocycles. The van der Waals surface area contributed by atoms with Gasteiger partial charge in [0.05, 0.1) is 10.5 Å². The molecule has 1 saturated heterocycles. The van der Waals surface area contributed by atoms with Gasteiger partial charge < -0.3 is 4.90 Å². The second kappa shape index (κ2) is 7.36. The summed E-state index contributed by atoms with van der Waals surface area (Å²) in [5.74, 6) is -0.119. The summed E-state index contributed by atoms with van der Waals surface area (Å²) in [6.45, 7) is 5.61. The molecule has 2 unspecified atom stereocenters. The molecule has 3 nitrogen and oxygen atoms in total. The summed E-state index contributed by atoms with van der Waals surface area (Å²) in [5.41, 5.74) is 0.960. The molecule has 0 aliphatic carbocycles. The van der Waals surface area contributed by atoms with E-state index in [1.165, 1.54) is 12.5 Å². The van der Waals surface area contributed by atoms with Crippen molar-refractivity contribution in [2.24, 2.45) is 0 Å². The molecule has 0 bridgehead atoms. The number of benzene rings is 1. The molecule has 0 radical (unpaired) electrons. The molecule has 1 aromatic rings. The van der Waals surface area contributed by atoms with Gasteiger partial charge in [0.15, 0.2) is 0 Å². The number of carbonyl (C=O) groups is 1. The van der Waals surface area contributed by atoms with Crippen molar-refractivity contribution in [3.05, 3.63) is 34.1 Å². The maximum absolute atomic E-state index is 13.3. The van der Waals surface area contributed by atoms with Gasteiger partial charge in [-0.3, -0.25) is 10.1 Å². The Hall–Kier alpha value is -0.940. The molecular formula is C16H22BrFN2O. The van der Waals surface area contributed by atoms with Crippen LogP contribution in [-0.4, -0.2) is 29.9 Å². The highest BCUT2D eigenvalue weighted by Crippen LogP contribution is 2.21. The number of carbonyl (C=O) groups excluding carboxylic acids is 1. The second-order valence-electron chi connectivity index (χ2n) is 5.67. The minimum Gasteiger partial charge on any atom is -0.341 e. The highest BCUT2D eigenvalue weighted by molar-refractivity contribution is 9.10. The van der Waals surface area contributed by atoms with Crippen LogP contribution in [0.1, 0.15) is 44.7 Å². The summed E-state index contributed by atoms with van der Waals surface area (Å²) < 4.78 is 13.7. The first-order valence-corrected chi connectivity index (χ1v) is 8.28. The summed E-state index contributed by atoms with van der Waals surface area (Å²) in [6, 6.07) is 4.70. The molecule has 1 aliphatic rings. The molecule has 21 heavy (non-hydrogen) atoms. The topological polar surface area (TPSA) is 32.3 Å². The summed E-state index contributed by atoms with van der Waals surface area (Å²) >= 11 is 3.19. The third-order valence-corrected chi connectivity index (χ3v) is 4.59. The van der Waals surface area contributed by atoms with Crippen molar-refractivity contribution in [2.45, 2.75) is 45.2 Å². The average Bonchev–Trinajstić information content (AvgIpc) is 2.50. The van der Waals surface area contributed by atoms with E-state index in [9.17, 15) is 9.18 Å². The van der Waals surface area contributed by atoms with E-state index in [4.69, 9.17) is 0 Å². The maximum atomic E-state index is 13.3. The molecular weight excluding hydrogens is 335 g/mol. The van der Waals surface area contributed by atoms with Crippen LogP contribution in [0.25, 0.3) is 0 Å². The highest BCUT2D eigenvalue weighted by Gasteiger charge is 2.23. The van der Waals surface area contributed by atoms with Crippen molar-refractivity contribution < 1.29 is 9.18 Å². The Labute approximate surface area is 134 Å². The molecule has 1 heterocycles. The number of nitrogens with one attached hydrogen (secondary N) is 1. The number of likely N-dealkylation sites (tertiary alicyclic amines) is 1. The largest absolute Gasteiger partial charge is 0.341 e. The monoisotopic (exact) mass is 356 g/mol. The van der Waals surface area contributed by atoms with Crippen LogP contribution in [0.4, 0.5) is 4.39 Å². The van der Waals surface area contributed by atoms with Gasteiger partial charge in [0.25, 0.3) is 0 Å². The fourth-order valence-electron chi connectivity index (χ4n) is 2.71. The van der Waals surface area contributed by atoms with Crippen LogP contribution < -0.4 is 5.32 Å². The molecule has 0 aromatic heterocycles. The van der Waals surface area contributed by atoms with Gasteiger partial charge in [0.1, 0.15) is 5.82 Å². The number of rotatable bonds is 4. The summed E-state index contributed by atoms with van der Waals surface area (Å²) in [7, 11) is 0. The van der Waals surface area contributed by atoms with Gasteiger partial charge in [-0.15, -0.1) is 0 Å². The lowest BCUT2D eigenvalue weighted by atomic mass is 10.1. The zero-order chi connectivity index (χ0) is 15.4. The number of hydrogen-bond acceptors (Lipinski definition) is 2. The zero-order valence-electron chi connectivity index (χ0n) is 12.5. The smallest absolute Gasteiger partial charge is 0.239 e. The van der Waals surface area contributed by atoms with Crippen LogP contribution in [0, 0.1) is 5.82 Å². The molecule has 0 spiro atoms. The first kappa shape index (κ1) is 16.4. The fourth-order valence-corrected chi connectivity index (χ4v) is 3.11. The van der Waals surface area contributed by atoms with Crippen molar-refractivity contribution in [1.82, 2.24) is 10.2 Å². The summed E-state index contributed by atoms with van der Waals surface area (Å²) in [5, 5.41) is 3.31. The molecule has 116 valence electrons. The molecule has 2 atom stereocenters. The zero-order valence-corrected chi connectivity index (χ0v) is 14.1. The Bertz CT molecular complexity index is 503. The van der Waals surface area contributed by atoms with Crippen LogP contribution in [0.3, 0.4) is 0 Å². The van der Waals surface area contributed by atoms with Crippen molar-refractivity contribution >= 4 is 21.8 Å². The lowest BCUT2D eigenvalue weighted by Crippen LogP contribution is -2.47. The van der Waals surface area contributed by atoms with Crippen molar-refractivity contribution in [1.29, 1.82) is 0 Å². The van der Waals surface area contributed by atoms with Crippen molar-refractivity contribution in [3.63, 3.8) is 0 Å². The third-order valence-electron chi connectivity index (χ3n) is 3.98. The predicted octanol–water partition coefficient (Wildman–Crippen LogP) is 3.64. The fraction of sp³-hybridized carbons (Fsp3) is 0.562. The quantitative estimate of drug-likeness (QED) is 0.892. The summed E-state index contributed by atoms with van der Waals surface area (Å²) in [4.78, 5) is 14.3. The first-order chi connectivity index (χ1) is 9.99. The summed E-state index contributed by atoms with van der Waals surface area (Å²) in [6.07, 6.45) is 3.41. The van der Waals surface area contributed by atoms with Crippen LogP contribution >= 0.6 is 15.9 Å². The normalized spacial score (nSPS) is 18.4. The number of piperidine rings is 1. The van der Waals surface area contributed by atoms with Gasteiger partial charge in [0.2, 0.25) is 5.91 Å². The third kappa shape index (κ3) is 4.27. The Morgan fingerprint density at radius 1 is 1.29 bits per heavy atom. The van der Waals surface area contributed by atoms with E-state index < -0.39 is 0 Å². The Morgan fingerprint density at radius 3 is 2.57 bits per heavy atom. The van der Waals surface area contributed by atoms with Gasteiger partial charge in [-0.2, -0.15) is 0 Å². The van der Waals surface area contributed by atoms with E-state index in [1.54, 1.807) is 12.1 Å². The minimum atomic E-state index is -0.275. The van der Waals surface area contributed by atoms with Crippen LogP contribution in [0.15, 0.2) is 22.7 Å².